The third kappa shape index (κ3) is 2.61. The maximum atomic E-state index is 13.8. The van der Waals surface area contributed by atoms with Crippen molar-refractivity contribution in [3.63, 3.8) is 0 Å². The molecule has 0 aliphatic carbocycles. The number of esters is 1. The standard InChI is InChI=1S/C12H14F2O3/c1-4-17-12(16)11(15)9-7(3)8(13)5-6(2)10(9)14/h5,11,15H,4H2,1-3H3. The lowest BCUT2D eigenvalue weighted by atomic mass is 9.99. The van der Waals surface area contributed by atoms with Crippen LogP contribution in [0.15, 0.2) is 6.07 Å². The van der Waals surface area contributed by atoms with Gasteiger partial charge in [0.15, 0.2) is 6.10 Å². The summed E-state index contributed by atoms with van der Waals surface area (Å²) in [6.07, 6.45) is -1.80. The second-order valence-electron chi connectivity index (χ2n) is 3.68. The SMILES string of the molecule is CCOC(=O)C(O)c1c(C)c(F)cc(C)c1F. The lowest BCUT2D eigenvalue weighted by Crippen LogP contribution is -2.19. The van der Waals surface area contributed by atoms with Gasteiger partial charge in [0.25, 0.3) is 0 Å². The van der Waals surface area contributed by atoms with E-state index < -0.39 is 23.7 Å². The van der Waals surface area contributed by atoms with E-state index in [1.165, 1.54) is 13.8 Å². The van der Waals surface area contributed by atoms with Crippen molar-refractivity contribution < 1.29 is 23.4 Å². The maximum Gasteiger partial charge on any atom is 0.339 e. The van der Waals surface area contributed by atoms with Crippen LogP contribution >= 0.6 is 0 Å². The summed E-state index contributed by atoms with van der Waals surface area (Å²) < 4.78 is 31.7. The predicted octanol–water partition coefficient (Wildman–Crippen LogP) is 2.18. The van der Waals surface area contributed by atoms with Crippen molar-refractivity contribution in [3.8, 4) is 0 Å². The van der Waals surface area contributed by atoms with Gasteiger partial charge in [0, 0.05) is 5.56 Å². The molecule has 0 fully saturated rings. The fourth-order valence-corrected chi connectivity index (χ4v) is 1.53. The molecule has 3 nitrogen and oxygen atoms in total. The average Bonchev–Trinajstić information content (AvgIpc) is 2.27. The molecule has 17 heavy (non-hydrogen) atoms. The van der Waals surface area contributed by atoms with Crippen LogP contribution in [0.4, 0.5) is 8.78 Å². The molecule has 0 saturated heterocycles. The van der Waals surface area contributed by atoms with Crippen LogP contribution in [-0.4, -0.2) is 17.7 Å². The van der Waals surface area contributed by atoms with Crippen LogP contribution in [0.5, 0.6) is 0 Å². The Hall–Kier alpha value is -1.49. The minimum atomic E-state index is -1.80. The topological polar surface area (TPSA) is 46.5 Å². The zero-order valence-electron chi connectivity index (χ0n) is 9.88. The number of aryl methyl sites for hydroxylation is 1. The lowest BCUT2D eigenvalue weighted by molar-refractivity contribution is -0.153. The Balaban J connectivity index is 3.25. The highest BCUT2D eigenvalue weighted by Crippen LogP contribution is 2.26. The van der Waals surface area contributed by atoms with Crippen LogP contribution in [-0.2, 0) is 9.53 Å². The summed E-state index contributed by atoms with van der Waals surface area (Å²) in [5.74, 6) is -2.44. The summed E-state index contributed by atoms with van der Waals surface area (Å²) in [6, 6.07) is 1.02. The highest BCUT2D eigenvalue weighted by molar-refractivity contribution is 5.77. The summed E-state index contributed by atoms with van der Waals surface area (Å²) in [6.45, 7) is 4.28. The van der Waals surface area contributed by atoms with Gasteiger partial charge in [0.05, 0.1) is 6.61 Å². The molecule has 94 valence electrons. The van der Waals surface area contributed by atoms with Gasteiger partial charge in [0.2, 0.25) is 0 Å². The van der Waals surface area contributed by atoms with Crippen LogP contribution < -0.4 is 0 Å². The Morgan fingerprint density at radius 2 is 2.06 bits per heavy atom. The van der Waals surface area contributed by atoms with E-state index in [0.29, 0.717) is 0 Å². The zero-order valence-corrected chi connectivity index (χ0v) is 9.88. The molecule has 0 saturated carbocycles. The summed E-state index contributed by atoms with van der Waals surface area (Å²) in [4.78, 5) is 11.3. The molecule has 0 aromatic heterocycles. The number of carbonyl (C=O) groups excluding carboxylic acids is 1. The molecule has 0 amide bonds. The number of carbonyl (C=O) groups is 1. The molecule has 0 radical (unpaired) electrons. The summed E-state index contributed by atoms with van der Waals surface area (Å²) in [5, 5.41) is 9.65. The van der Waals surface area contributed by atoms with Crippen molar-refractivity contribution in [3.05, 3.63) is 34.4 Å². The molecule has 1 atom stereocenters. The third-order valence-electron chi connectivity index (χ3n) is 2.47. The molecule has 1 aromatic carbocycles. The molecule has 0 bridgehead atoms. The Bertz CT molecular complexity index is 418. The summed E-state index contributed by atoms with van der Waals surface area (Å²) in [5.41, 5.74) is -0.416. The van der Waals surface area contributed by atoms with E-state index in [-0.39, 0.29) is 23.3 Å². The maximum absolute atomic E-state index is 13.8. The molecule has 1 rings (SSSR count). The molecule has 1 unspecified atom stereocenters. The van der Waals surface area contributed by atoms with Gasteiger partial charge in [-0.1, -0.05) is 0 Å². The van der Waals surface area contributed by atoms with Crippen LogP contribution in [0.1, 0.15) is 29.7 Å². The Morgan fingerprint density at radius 3 is 2.59 bits per heavy atom. The van der Waals surface area contributed by atoms with Gasteiger partial charge in [-0.25, -0.2) is 13.6 Å². The molecule has 0 aliphatic rings. The predicted molar refractivity (Wildman–Crippen MR) is 57.4 cm³/mol. The highest BCUT2D eigenvalue weighted by Gasteiger charge is 2.26. The number of aliphatic hydroxyl groups is 1. The van der Waals surface area contributed by atoms with E-state index in [1.54, 1.807) is 6.92 Å². The summed E-state index contributed by atoms with van der Waals surface area (Å²) in [7, 11) is 0. The normalized spacial score (nSPS) is 12.4. The van der Waals surface area contributed by atoms with E-state index in [1.807, 2.05) is 0 Å². The number of aliphatic hydroxyl groups excluding tert-OH is 1. The van der Waals surface area contributed by atoms with Crippen molar-refractivity contribution in [2.24, 2.45) is 0 Å². The fourth-order valence-electron chi connectivity index (χ4n) is 1.53. The lowest BCUT2D eigenvalue weighted by Gasteiger charge is -2.15. The number of hydrogen-bond donors (Lipinski definition) is 1. The fraction of sp³-hybridized carbons (Fsp3) is 0.417. The third-order valence-corrected chi connectivity index (χ3v) is 2.47. The summed E-state index contributed by atoms with van der Waals surface area (Å²) >= 11 is 0. The Kier molecular flexibility index (Phi) is 4.17. The quantitative estimate of drug-likeness (QED) is 0.829. The molecule has 1 N–H and O–H groups in total. The first-order chi connectivity index (χ1) is 7.90. The molecular weight excluding hydrogens is 230 g/mol. The second-order valence-corrected chi connectivity index (χ2v) is 3.68. The first kappa shape index (κ1) is 13.6. The average molecular weight is 244 g/mol. The minimum absolute atomic E-state index is 0.0337. The molecule has 1 aromatic rings. The molecule has 0 spiro atoms. The largest absolute Gasteiger partial charge is 0.464 e. The Labute approximate surface area is 98.0 Å². The van der Waals surface area contributed by atoms with Crippen molar-refractivity contribution in [1.82, 2.24) is 0 Å². The van der Waals surface area contributed by atoms with E-state index in [4.69, 9.17) is 0 Å². The van der Waals surface area contributed by atoms with Gasteiger partial charge >= 0.3 is 5.97 Å². The number of hydrogen-bond acceptors (Lipinski definition) is 3. The van der Waals surface area contributed by atoms with Crippen LogP contribution in [0.25, 0.3) is 0 Å². The van der Waals surface area contributed by atoms with E-state index >= 15 is 0 Å². The zero-order chi connectivity index (χ0) is 13.2. The molecule has 0 heterocycles. The van der Waals surface area contributed by atoms with Gasteiger partial charge in [-0.3, -0.25) is 0 Å². The van der Waals surface area contributed by atoms with Gasteiger partial charge in [-0.15, -0.1) is 0 Å². The molecule has 5 heteroatoms. The van der Waals surface area contributed by atoms with Gasteiger partial charge in [0.1, 0.15) is 11.6 Å². The number of halogens is 2. The number of ether oxygens (including phenoxy) is 1. The molecule has 0 aliphatic heterocycles. The van der Waals surface area contributed by atoms with Gasteiger partial charge < -0.3 is 9.84 Å². The van der Waals surface area contributed by atoms with E-state index in [0.717, 1.165) is 6.07 Å². The smallest absolute Gasteiger partial charge is 0.339 e. The molecular formula is C12H14F2O3. The van der Waals surface area contributed by atoms with Crippen LogP contribution in [0, 0.1) is 25.5 Å². The van der Waals surface area contributed by atoms with Crippen molar-refractivity contribution in [2.45, 2.75) is 26.9 Å². The van der Waals surface area contributed by atoms with Gasteiger partial charge in [-0.2, -0.15) is 0 Å². The van der Waals surface area contributed by atoms with Crippen LogP contribution in [0.3, 0.4) is 0 Å². The van der Waals surface area contributed by atoms with Crippen molar-refractivity contribution in [1.29, 1.82) is 0 Å². The van der Waals surface area contributed by atoms with Gasteiger partial charge in [-0.05, 0) is 38.0 Å². The monoisotopic (exact) mass is 244 g/mol. The highest BCUT2D eigenvalue weighted by atomic mass is 19.1. The van der Waals surface area contributed by atoms with E-state index in [9.17, 15) is 18.7 Å². The first-order valence-corrected chi connectivity index (χ1v) is 5.19. The first-order valence-electron chi connectivity index (χ1n) is 5.19. The second kappa shape index (κ2) is 5.23. The van der Waals surface area contributed by atoms with Crippen molar-refractivity contribution in [2.75, 3.05) is 6.61 Å². The number of rotatable bonds is 3. The Morgan fingerprint density at radius 1 is 1.47 bits per heavy atom. The van der Waals surface area contributed by atoms with Crippen LogP contribution in [0.2, 0.25) is 0 Å². The van der Waals surface area contributed by atoms with E-state index in [2.05, 4.69) is 4.74 Å². The number of benzene rings is 1. The minimum Gasteiger partial charge on any atom is -0.464 e. The van der Waals surface area contributed by atoms with Crippen molar-refractivity contribution >= 4 is 5.97 Å².